The van der Waals surface area contributed by atoms with Crippen LogP contribution in [0.25, 0.3) is 0 Å². The van der Waals surface area contributed by atoms with Crippen LogP contribution in [0.15, 0.2) is 0 Å². The first-order valence-corrected chi connectivity index (χ1v) is 6.36. The lowest BCUT2D eigenvalue weighted by Crippen LogP contribution is -2.38. The Labute approximate surface area is 98.1 Å². The highest BCUT2D eigenvalue weighted by Gasteiger charge is 2.17. The molecule has 2 N–H and O–H groups in total. The summed E-state index contributed by atoms with van der Waals surface area (Å²) in [6.07, 6.45) is 4.86. The number of ether oxygens (including phenoxy) is 1. The lowest BCUT2D eigenvalue weighted by atomic mass is 9.87. The van der Waals surface area contributed by atoms with Crippen LogP contribution >= 0.6 is 0 Å². The van der Waals surface area contributed by atoms with Gasteiger partial charge in [-0.05, 0) is 38.5 Å². The van der Waals surface area contributed by atoms with E-state index in [9.17, 15) is 4.79 Å². The highest BCUT2D eigenvalue weighted by atomic mass is 16.5. The smallest absolute Gasteiger partial charge is 0.407 e. The third kappa shape index (κ3) is 5.35. The van der Waals surface area contributed by atoms with Gasteiger partial charge < -0.3 is 15.4 Å². The van der Waals surface area contributed by atoms with E-state index in [4.69, 9.17) is 4.74 Å². The van der Waals surface area contributed by atoms with Gasteiger partial charge in [0.2, 0.25) is 0 Å². The second-order valence-corrected chi connectivity index (χ2v) is 4.56. The Kier molecular flexibility index (Phi) is 6.23. The Bertz CT molecular complexity index is 201. The molecule has 1 amide bonds. The SMILES string of the molecule is CCOC(=O)NCCNC1CCC(C)CC1. The fourth-order valence-corrected chi connectivity index (χ4v) is 2.09. The first-order chi connectivity index (χ1) is 7.72. The van der Waals surface area contributed by atoms with Gasteiger partial charge in [0.1, 0.15) is 0 Å². The van der Waals surface area contributed by atoms with E-state index < -0.39 is 0 Å². The van der Waals surface area contributed by atoms with Gasteiger partial charge in [0.25, 0.3) is 0 Å². The molecule has 0 atom stereocenters. The largest absolute Gasteiger partial charge is 0.450 e. The van der Waals surface area contributed by atoms with Gasteiger partial charge in [0.15, 0.2) is 0 Å². The van der Waals surface area contributed by atoms with Crippen molar-refractivity contribution in [3.8, 4) is 0 Å². The summed E-state index contributed by atoms with van der Waals surface area (Å²) in [5, 5.41) is 6.18. The van der Waals surface area contributed by atoms with Crippen LogP contribution < -0.4 is 10.6 Å². The summed E-state index contributed by atoms with van der Waals surface area (Å²) in [5.41, 5.74) is 0. The molecule has 0 aliphatic heterocycles. The molecule has 1 aliphatic rings. The second kappa shape index (κ2) is 7.49. The maximum atomic E-state index is 11.0. The summed E-state index contributed by atoms with van der Waals surface area (Å²) in [6, 6.07) is 0.639. The minimum Gasteiger partial charge on any atom is -0.450 e. The molecule has 1 aliphatic carbocycles. The molecule has 0 aromatic heterocycles. The number of carbonyl (C=O) groups is 1. The Morgan fingerprint density at radius 1 is 1.25 bits per heavy atom. The zero-order valence-electron chi connectivity index (χ0n) is 10.4. The average Bonchev–Trinajstić information content (AvgIpc) is 2.27. The fourth-order valence-electron chi connectivity index (χ4n) is 2.09. The standard InChI is InChI=1S/C12H24N2O2/c1-3-16-12(15)14-9-8-13-11-6-4-10(2)5-7-11/h10-11,13H,3-9H2,1-2H3,(H,14,15). The molecule has 1 fully saturated rings. The molecular weight excluding hydrogens is 204 g/mol. The number of hydrogen-bond acceptors (Lipinski definition) is 3. The number of alkyl carbamates (subject to hydrolysis) is 1. The summed E-state index contributed by atoms with van der Waals surface area (Å²) in [6.45, 7) is 6.03. The Hall–Kier alpha value is -0.770. The molecule has 16 heavy (non-hydrogen) atoms. The first kappa shape index (κ1) is 13.3. The van der Waals surface area contributed by atoms with Crippen molar-refractivity contribution in [1.82, 2.24) is 10.6 Å². The van der Waals surface area contributed by atoms with Crippen LogP contribution in [0, 0.1) is 5.92 Å². The number of rotatable bonds is 5. The van der Waals surface area contributed by atoms with E-state index in [-0.39, 0.29) is 6.09 Å². The molecule has 0 heterocycles. The van der Waals surface area contributed by atoms with Gasteiger partial charge in [-0.15, -0.1) is 0 Å². The van der Waals surface area contributed by atoms with Gasteiger partial charge in [-0.2, -0.15) is 0 Å². The van der Waals surface area contributed by atoms with Crippen molar-refractivity contribution in [3.63, 3.8) is 0 Å². The van der Waals surface area contributed by atoms with E-state index in [1.807, 2.05) is 0 Å². The summed E-state index contributed by atoms with van der Waals surface area (Å²) in [7, 11) is 0. The van der Waals surface area contributed by atoms with Crippen LogP contribution in [0.2, 0.25) is 0 Å². The second-order valence-electron chi connectivity index (χ2n) is 4.56. The van der Waals surface area contributed by atoms with Gasteiger partial charge in [0, 0.05) is 19.1 Å². The maximum Gasteiger partial charge on any atom is 0.407 e. The predicted molar refractivity (Wildman–Crippen MR) is 64.4 cm³/mol. The van der Waals surface area contributed by atoms with Crippen molar-refractivity contribution >= 4 is 6.09 Å². The van der Waals surface area contributed by atoms with Crippen molar-refractivity contribution in [3.05, 3.63) is 0 Å². The van der Waals surface area contributed by atoms with Crippen LogP contribution in [0.1, 0.15) is 39.5 Å². The first-order valence-electron chi connectivity index (χ1n) is 6.36. The average molecular weight is 228 g/mol. The summed E-state index contributed by atoms with van der Waals surface area (Å²) in [4.78, 5) is 11.0. The molecule has 1 rings (SSSR count). The third-order valence-corrected chi connectivity index (χ3v) is 3.12. The van der Waals surface area contributed by atoms with Gasteiger partial charge >= 0.3 is 6.09 Å². The predicted octanol–water partition coefficient (Wildman–Crippen LogP) is 1.90. The zero-order chi connectivity index (χ0) is 11.8. The van der Waals surface area contributed by atoms with E-state index in [0.717, 1.165) is 12.5 Å². The minimum atomic E-state index is -0.318. The van der Waals surface area contributed by atoms with Crippen LogP contribution in [0.4, 0.5) is 4.79 Å². The molecule has 0 radical (unpaired) electrons. The fraction of sp³-hybridized carbons (Fsp3) is 0.917. The van der Waals surface area contributed by atoms with E-state index >= 15 is 0 Å². The highest BCUT2D eigenvalue weighted by molar-refractivity contribution is 5.66. The lowest BCUT2D eigenvalue weighted by Gasteiger charge is -2.27. The molecule has 4 heteroatoms. The number of nitrogens with one attached hydrogen (secondary N) is 2. The van der Waals surface area contributed by atoms with Gasteiger partial charge in [-0.3, -0.25) is 0 Å². The van der Waals surface area contributed by atoms with Crippen molar-refractivity contribution < 1.29 is 9.53 Å². The highest BCUT2D eigenvalue weighted by Crippen LogP contribution is 2.23. The lowest BCUT2D eigenvalue weighted by molar-refractivity contribution is 0.152. The van der Waals surface area contributed by atoms with E-state index in [0.29, 0.717) is 19.2 Å². The van der Waals surface area contributed by atoms with E-state index in [1.165, 1.54) is 25.7 Å². The van der Waals surface area contributed by atoms with Gasteiger partial charge in [0.05, 0.1) is 6.61 Å². The zero-order valence-corrected chi connectivity index (χ0v) is 10.4. The van der Waals surface area contributed by atoms with Crippen LogP contribution in [-0.4, -0.2) is 31.8 Å². The Balaban J connectivity index is 1.97. The normalized spacial score (nSPS) is 25.1. The monoisotopic (exact) mass is 228 g/mol. The van der Waals surface area contributed by atoms with Gasteiger partial charge in [-0.25, -0.2) is 4.79 Å². The molecular formula is C12H24N2O2. The molecule has 0 saturated heterocycles. The summed E-state index contributed by atoms with van der Waals surface area (Å²) in [5.74, 6) is 0.885. The van der Waals surface area contributed by atoms with Crippen molar-refractivity contribution in [2.75, 3.05) is 19.7 Å². The molecule has 0 aromatic rings. The van der Waals surface area contributed by atoms with Gasteiger partial charge in [-0.1, -0.05) is 6.92 Å². The quantitative estimate of drug-likeness (QED) is 0.707. The van der Waals surface area contributed by atoms with Crippen LogP contribution in [-0.2, 0) is 4.74 Å². The molecule has 94 valence electrons. The number of carbonyl (C=O) groups excluding carboxylic acids is 1. The Morgan fingerprint density at radius 3 is 2.56 bits per heavy atom. The van der Waals surface area contributed by atoms with Crippen LogP contribution in [0.5, 0.6) is 0 Å². The van der Waals surface area contributed by atoms with Crippen molar-refractivity contribution in [2.45, 2.75) is 45.6 Å². The van der Waals surface area contributed by atoms with E-state index in [2.05, 4.69) is 17.6 Å². The minimum absolute atomic E-state index is 0.318. The van der Waals surface area contributed by atoms with Crippen molar-refractivity contribution in [2.24, 2.45) is 5.92 Å². The Morgan fingerprint density at radius 2 is 1.94 bits per heavy atom. The number of amides is 1. The number of hydrogen-bond donors (Lipinski definition) is 2. The molecule has 0 aromatic carbocycles. The summed E-state index contributed by atoms with van der Waals surface area (Å²) < 4.78 is 4.77. The van der Waals surface area contributed by atoms with Crippen molar-refractivity contribution in [1.29, 1.82) is 0 Å². The maximum absolute atomic E-state index is 11.0. The topological polar surface area (TPSA) is 50.4 Å². The molecule has 4 nitrogen and oxygen atoms in total. The molecule has 0 spiro atoms. The summed E-state index contributed by atoms with van der Waals surface area (Å²) >= 11 is 0. The molecule has 0 unspecified atom stereocenters. The van der Waals surface area contributed by atoms with E-state index in [1.54, 1.807) is 6.92 Å². The third-order valence-electron chi connectivity index (χ3n) is 3.12. The molecule has 1 saturated carbocycles. The molecule has 0 bridgehead atoms. The van der Waals surface area contributed by atoms with Crippen LogP contribution in [0.3, 0.4) is 0 Å².